The molecule has 0 saturated carbocycles. The van der Waals surface area contributed by atoms with E-state index in [9.17, 15) is 14.4 Å². The van der Waals surface area contributed by atoms with E-state index in [-0.39, 0.29) is 10.8 Å². The molecule has 0 bridgehead atoms. The van der Waals surface area contributed by atoms with E-state index in [2.05, 4.69) is 25.8 Å². The number of aromatic nitrogens is 5. The number of halogens is 1. The number of hydrazone groups is 1. The van der Waals surface area contributed by atoms with Gasteiger partial charge in [0.1, 0.15) is 5.15 Å². The first-order valence-electron chi connectivity index (χ1n) is 7.90. The van der Waals surface area contributed by atoms with Gasteiger partial charge >= 0.3 is 5.69 Å². The van der Waals surface area contributed by atoms with Crippen LogP contribution in [0.2, 0.25) is 5.15 Å². The van der Waals surface area contributed by atoms with Crippen molar-refractivity contribution in [3.63, 3.8) is 0 Å². The zero-order valence-corrected chi connectivity index (χ0v) is 16.0. The van der Waals surface area contributed by atoms with E-state index in [1.165, 1.54) is 6.21 Å². The smallest absolute Gasteiger partial charge is 0.272 e. The number of hydrogen-bond donors (Lipinski definition) is 3. The second-order valence-corrected chi connectivity index (χ2v) is 6.75. The predicted molar refractivity (Wildman–Crippen MR) is 105 cm³/mol. The number of hydrogen-bond acceptors (Lipinski definition) is 7. The van der Waals surface area contributed by atoms with Crippen LogP contribution >= 0.6 is 23.4 Å². The molecular weight excluding hydrogens is 406 g/mol. The van der Waals surface area contributed by atoms with Gasteiger partial charge < -0.3 is 0 Å². The Hall–Kier alpha value is -3.18. The summed E-state index contributed by atoms with van der Waals surface area (Å²) in [7, 11) is 0. The van der Waals surface area contributed by atoms with Gasteiger partial charge in [0.05, 0.1) is 28.9 Å². The summed E-state index contributed by atoms with van der Waals surface area (Å²) in [6, 6.07) is 9.36. The number of carbonyl (C=O) groups excluding carboxylic acids is 1. The maximum absolute atomic E-state index is 11.9. The molecule has 2 aromatic heterocycles. The highest BCUT2D eigenvalue weighted by Gasteiger charge is 2.13. The first-order valence-corrected chi connectivity index (χ1v) is 9.26. The van der Waals surface area contributed by atoms with Crippen molar-refractivity contribution >= 4 is 35.5 Å². The third-order valence-electron chi connectivity index (χ3n) is 3.45. The molecule has 0 aliphatic rings. The molecule has 1 aromatic carbocycles. The highest BCUT2D eigenvalue weighted by molar-refractivity contribution is 7.99. The normalized spacial score (nSPS) is 11.1. The second-order valence-electron chi connectivity index (χ2n) is 5.43. The molecule has 0 fully saturated rings. The molecule has 12 heteroatoms. The Morgan fingerprint density at radius 2 is 2.11 bits per heavy atom. The molecule has 3 aromatic rings. The van der Waals surface area contributed by atoms with Crippen molar-refractivity contribution in [3.8, 4) is 5.69 Å². The number of carbonyl (C=O) groups is 1. The number of aromatic amines is 2. The molecule has 0 spiro atoms. The molecule has 3 rings (SSSR count). The van der Waals surface area contributed by atoms with Crippen LogP contribution in [0, 0.1) is 6.92 Å². The number of thioether (sulfide) groups is 1. The molecule has 0 radical (unpaired) electrons. The molecule has 0 saturated heterocycles. The van der Waals surface area contributed by atoms with E-state index >= 15 is 0 Å². The van der Waals surface area contributed by atoms with Crippen LogP contribution in [0.5, 0.6) is 0 Å². The number of H-pyrrole nitrogens is 2. The van der Waals surface area contributed by atoms with Crippen molar-refractivity contribution in [3.05, 3.63) is 67.6 Å². The Balaban J connectivity index is 1.63. The van der Waals surface area contributed by atoms with Gasteiger partial charge in [-0.2, -0.15) is 15.3 Å². The van der Waals surface area contributed by atoms with Crippen molar-refractivity contribution in [1.82, 2.24) is 30.4 Å². The molecule has 28 heavy (non-hydrogen) atoms. The summed E-state index contributed by atoms with van der Waals surface area (Å²) in [4.78, 5) is 36.3. The van der Waals surface area contributed by atoms with Crippen LogP contribution in [0.3, 0.4) is 0 Å². The molecule has 10 nitrogen and oxygen atoms in total. The minimum Gasteiger partial charge on any atom is -0.272 e. The van der Waals surface area contributed by atoms with Gasteiger partial charge in [-0.25, -0.2) is 20.0 Å². The number of amides is 1. The van der Waals surface area contributed by atoms with E-state index in [0.717, 1.165) is 17.4 Å². The van der Waals surface area contributed by atoms with Crippen LogP contribution in [0.25, 0.3) is 5.69 Å². The Labute approximate surface area is 167 Å². The van der Waals surface area contributed by atoms with Crippen molar-refractivity contribution < 1.29 is 4.79 Å². The van der Waals surface area contributed by atoms with E-state index in [1.54, 1.807) is 11.6 Å². The molecule has 0 atom stereocenters. The fourth-order valence-electron chi connectivity index (χ4n) is 2.17. The maximum Gasteiger partial charge on any atom is 0.342 e. The summed E-state index contributed by atoms with van der Waals surface area (Å²) < 4.78 is 1.57. The quantitative estimate of drug-likeness (QED) is 0.307. The van der Waals surface area contributed by atoms with E-state index in [1.807, 2.05) is 35.3 Å². The van der Waals surface area contributed by atoms with Crippen molar-refractivity contribution in [2.24, 2.45) is 5.10 Å². The first kappa shape index (κ1) is 19.6. The van der Waals surface area contributed by atoms with Crippen LogP contribution < -0.4 is 16.7 Å². The third-order valence-corrected chi connectivity index (χ3v) is 4.77. The summed E-state index contributed by atoms with van der Waals surface area (Å²) in [6.45, 7) is 1.78. The van der Waals surface area contributed by atoms with Gasteiger partial charge in [0.2, 0.25) is 5.91 Å². The lowest BCUT2D eigenvalue weighted by Crippen LogP contribution is -2.26. The van der Waals surface area contributed by atoms with Gasteiger partial charge in [-0.05, 0) is 19.1 Å². The Morgan fingerprint density at radius 1 is 1.36 bits per heavy atom. The predicted octanol–water partition coefficient (Wildman–Crippen LogP) is 0.848. The lowest BCUT2D eigenvalue weighted by atomic mass is 10.3. The van der Waals surface area contributed by atoms with Crippen molar-refractivity contribution in [2.45, 2.75) is 11.9 Å². The molecule has 2 heterocycles. The number of rotatable bonds is 6. The minimum atomic E-state index is -0.716. The molecule has 0 aliphatic carbocycles. The van der Waals surface area contributed by atoms with Gasteiger partial charge in [-0.15, -0.1) is 0 Å². The van der Waals surface area contributed by atoms with Crippen LogP contribution in [0.4, 0.5) is 0 Å². The Morgan fingerprint density at radius 3 is 2.82 bits per heavy atom. The SMILES string of the molecule is Cc1nn(-c2ccccc2)c(Cl)c1/C=N/NC(=O)CSc1n[nH]c(=O)[nH]c1=O. The van der Waals surface area contributed by atoms with Gasteiger partial charge in [-0.3, -0.25) is 14.6 Å². The molecule has 0 unspecified atom stereocenters. The average molecular weight is 420 g/mol. The van der Waals surface area contributed by atoms with Crippen LogP contribution in [-0.4, -0.2) is 42.8 Å². The number of nitrogens with zero attached hydrogens (tertiary/aromatic N) is 4. The zero-order valence-electron chi connectivity index (χ0n) is 14.5. The van der Waals surface area contributed by atoms with Gasteiger partial charge in [0.15, 0.2) is 5.03 Å². The molecule has 0 aliphatic heterocycles. The number of benzene rings is 1. The highest BCUT2D eigenvalue weighted by atomic mass is 35.5. The molecular formula is C16H14ClN7O3S. The fraction of sp³-hybridized carbons (Fsp3) is 0.125. The van der Waals surface area contributed by atoms with Gasteiger partial charge in [-0.1, -0.05) is 41.6 Å². The summed E-state index contributed by atoms with van der Waals surface area (Å²) in [5, 5.41) is 14.2. The topological polar surface area (TPSA) is 138 Å². The molecule has 144 valence electrons. The lowest BCUT2D eigenvalue weighted by molar-refractivity contribution is -0.118. The molecule has 1 amide bonds. The fourth-order valence-corrected chi connectivity index (χ4v) is 3.11. The van der Waals surface area contributed by atoms with E-state index < -0.39 is 17.2 Å². The van der Waals surface area contributed by atoms with Gasteiger partial charge in [0, 0.05) is 0 Å². The lowest BCUT2D eigenvalue weighted by Gasteiger charge is -2.02. The van der Waals surface area contributed by atoms with E-state index in [4.69, 9.17) is 11.6 Å². The summed E-state index contributed by atoms with van der Waals surface area (Å²) in [5.74, 6) is -0.576. The van der Waals surface area contributed by atoms with Crippen molar-refractivity contribution in [2.75, 3.05) is 5.75 Å². The van der Waals surface area contributed by atoms with Crippen LogP contribution in [0.1, 0.15) is 11.3 Å². The van der Waals surface area contributed by atoms with Crippen LogP contribution in [-0.2, 0) is 4.79 Å². The minimum absolute atomic E-state index is 0.0262. The number of nitrogens with one attached hydrogen (secondary N) is 3. The average Bonchev–Trinajstić information content (AvgIpc) is 2.96. The zero-order chi connectivity index (χ0) is 20.1. The summed E-state index contributed by atoms with van der Waals surface area (Å²) >= 11 is 7.23. The van der Waals surface area contributed by atoms with Crippen LogP contribution in [0.15, 0.2) is 50.0 Å². The second kappa shape index (κ2) is 8.67. The summed E-state index contributed by atoms with van der Waals surface area (Å²) in [6.07, 6.45) is 1.40. The monoisotopic (exact) mass is 419 g/mol. The summed E-state index contributed by atoms with van der Waals surface area (Å²) in [5.41, 5.74) is 2.97. The van der Waals surface area contributed by atoms with Gasteiger partial charge in [0.25, 0.3) is 5.56 Å². The Kier molecular flexibility index (Phi) is 6.06. The van der Waals surface area contributed by atoms with E-state index in [0.29, 0.717) is 16.4 Å². The third kappa shape index (κ3) is 4.56. The largest absolute Gasteiger partial charge is 0.342 e. The number of aryl methyl sites for hydroxylation is 1. The standard InChI is InChI=1S/C16H14ClN7O3S/c1-9-11(13(17)24(23-9)10-5-3-2-4-6-10)7-18-20-12(25)8-28-15-14(26)19-16(27)22-21-15/h2-7H,8H2,1H3,(H,20,25)(H2,19,22,26,27)/b18-7+. The first-order chi connectivity index (χ1) is 13.5. The Bertz CT molecular complexity index is 1140. The van der Waals surface area contributed by atoms with Crippen molar-refractivity contribution in [1.29, 1.82) is 0 Å². The number of para-hydroxylation sites is 1. The molecule has 3 N–H and O–H groups in total. The highest BCUT2D eigenvalue weighted by Crippen LogP contribution is 2.21. The maximum atomic E-state index is 11.9.